The number of ether oxygens (including phenoxy) is 1. The minimum atomic E-state index is -0.505. The predicted molar refractivity (Wildman–Crippen MR) is 125 cm³/mol. The molecule has 0 atom stereocenters. The van der Waals surface area contributed by atoms with Crippen molar-refractivity contribution in [2.75, 3.05) is 17.7 Å². The molecule has 0 aliphatic heterocycles. The van der Waals surface area contributed by atoms with Crippen LogP contribution in [0.5, 0.6) is 5.75 Å². The van der Waals surface area contributed by atoms with Gasteiger partial charge < -0.3 is 15.4 Å². The van der Waals surface area contributed by atoms with Crippen molar-refractivity contribution in [3.8, 4) is 17.1 Å². The number of aromatic nitrogens is 5. The van der Waals surface area contributed by atoms with E-state index in [1.54, 1.807) is 31.2 Å². The smallest absolute Gasteiger partial charge is 0.184 e. The van der Waals surface area contributed by atoms with E-state index in [9.17, 15) is 9.18 Å². The van der Waals surface area contributed by atoms with Crippen LogP contribution in [0, 0.1) is 11.7 Å². The molecule has 1 saturated carbocycles. The first-order chi connectivity index (χ1) is 16.5. The van der Waals surface area contributed by atoms with Gasteiger partial charge in [-0.05, 0) is 37.1 Å². The van der Waals surface area contributed by atoms with Crippen molar-refractivity contribution in [3.05, 3.63) is 66.5 Å². The van der Waals surface area contributed by atoms with Gasteiger partial charge in [0.2, 0.25) is 0 Å². The van der Waals surface area contributed by atoms with Crippen LogP contribution in [0.2, 0.25) is 0 Å². The van der Waals surface area contributed by atoms with Gasteiger partial charge in [-0.1, -0.05) is 6.07 Å². The molecule has 0 saturated heterocycles. The van der Waals surface area contributed by atoms with Crippen molar-refractivity contribution in [2.24, 2.45) is 13.0 Å². The standard InChI is InChI=1S/C24H22FN7O2/c1-32-13-28-23(31-32)15-5-3-7-18(22(15)34-2)29-19-11-20(30-24-17(25)6-4-10-26-24)27-12-16(19)21(33)14-8-9-14/h3-7,10-14H,8-9H2,1-2H3,(H2,26,27,29,30). The third-order valence-electron chi connectivity index (χ3n) is 5.45. The quantitative estimate of drug-likeness (QED) is 0.371. The van der Waals surface area contributed by atoms with E-state index in [1.165, 1.54) is 24.5 Å². The summed E-state index contributed by atoms with van der Waals surface area (Å²) in [4.78, 5) is 25.6. The summed E-state index contributed by atoms with van der Waals surface area (Å²) >= 11 is 0. The molecule has 3 aromatic heterocycles. The van der Waals surface area contributed by atoms with E-state index in [2.05, 4.69) is 30.7 Å². The first-order valence-corrected chi connectivity index (χ1v) is 10.8. The zero-order valence-corrected chi connectivity index (χ0v) is 18.6. The zero-order valence-electron chi connectivity index (χ0n) is 18.6. The van der Waals surface area contributed by atoms with E-state index in [0.717, 1.165) is 12.8 Å². The monoisotopic (exact) mass is 459 g/mol. The maximum Gasteiger partial charge on any atom is 0.184 e. The van der Waals surface area contributed by atoms with Crippen molar-refractivity contribution in [1.82, 2.24) is 24.7 Å². The van der Waals surface area contributed by atoms with E-state index in [1.807, 2.05) is 18.2 Å². The molecule has 0 radical (unpaired) electrons. The van der Waals surface area contributed by atoms with Gasteiger partial charge in [-0.2, -0.15) is 5.10 Å². The summed E-state index contributed by atoms with van der Waals surface area (Å²) in [5.74, 6) is 0.944. The van der Waals surface area contributed by atoms with Gasteiger partial charge in [-0.3, -0.25) is 9.48 Å². The number of carbonyl (C=O) groups is 1. The Bertz CT molecular complexity index is 1370. The van der Waals surface area contributed by atoms with Crippen LogP contribution in [-0.2, 0) is 7.05 Å². The molecule has 4 aromatic rings. The number of benzene rings is 1. The number of para-hydroxylation sites is 1. The number of hydrogen-bond donors (Lipinski definition) is 2. The molecule has 1 aliphatic carbocycles. The molecule has 9 nitrogen and oxygen atoms in total. The molecule has 0 amide bonds. The number of Topliss-reactive ketones (excluding diaryl/α,β-unsaturated/α-hetero) is 1. The fourth-order valence-electron chi connectivity index (χ4n) is 3.63. The fraction of sp³-hybridized carbons (Fsp3) is 0.208. The molecule has 172 valence electrons. The molecule has 0 bridgehead atoms. The molecule has 5 rings (SSSR count). The van der Waals surface area contributed by atoms with Crippen LogP contribution in [0.1, 0.15) is 23.2 Å². The molecule has 2 N–H and O–H groups in total. The molecular weight excluding hydrogens is 437 g/mol. The van der Waals surface area contributed by atoms with E-state index >= 15 is 0 Å². The Morgan fingerprint density at radius 3 is 2.68 bits per heavy atom. The third kappa shape index (κ3) is 4.29. The molecule has 1 aromatic carbocycles. The molecule has 0 spiro atoms. The van der Waals surface area contributed by atoms with Gasteiger partial charge in [0.25, 0.3) is 0 Å². The van der Waals surface area contributed by atoms with Crippen molar-refractivity contribution >= 4 is 28.8 Å². The van der Waals surface area contributed by atoms with Crippen molar-refractivity contribution in [2.45, 2.75) is 12.8 Å². The lowest BCUT2D eigenvalue weighted by atomic mass is 10.1. The molecule has 0 unspecified atom stereocenters. The minimum absolute atomic E-state index is 0.000317. The lowest BCUT2D eigenvalue weighted by molar-refractivity contribution is 0.0968. The average molecular weight is 459 g/mol. The Morgan fingerprint density at radius 1 is 1.12 bits per heavy atom. The van der Waals surface area contributed by atoms with Crippen molar-refractivity contribution in [3.63, 3.8) is 0 Å². The summed E-state index contributed by atoms with van der Waals surface area (Å²) < 4.78 is 21.4. The minimum Gasteiger partial charge on any atom is -0.494 e. The Balaban J connectivity index is 1.54. The first kappa shape index (κ1) is 21.5. The molecule has 1 fully saturated rings. The molecular formula is C24H22FN7O2. The van der Waals surface area contributed by atoms with E-state index in [-0.39, 0.29) is 17.5 Å². The van der Waals surface area contributed by atoms with Crippen LogP contribution in [-0.4, -0.2) is 37.6 Å². The second kappa shape index (κ2) is 8.89. The summed E-state index contributed by atoms with van der Waals surface area (Å²) in [5, 5.41) is 10.6. The Labute approximate surface area is 195 Å². The number of hydrogen-bond acceptors (Lipinski definition) is 8. The summed E-state index contributed by atoms with van der Waals surface area (Å²) in [6.45, 7) is 0. The highest BCUT2D eigenvalue weighted by molar-refractivity contribution is 6.04. The second-order valence-corrected chi connectivity index (χ2v) is 7.97. The van der Waals surface area contributed by atoms with Crippen LogP contribution < -0.4 is 15.4 Å². The number of nitrogens with zero attached hydrogens (tertiary/aromatic N) is 5. The summed E-state index contributed by atoms with van der Waals surface area (Å²) in [5.41, 5.74) is 2.30. The fourth-order valence-corrected chi connectivity index (χ4v) is 3.63. The maximum absolute atomic E-state index is 14.1. The normalized spacial score (nSPS) is 12.9. The number of ketones is 1. The zero-order chi connectivity index (χ0) is 23.7. The molecule has 34 heavy (non-hydrogen) atoms. The van der Waals surface area contributed by atoms with Crippen LogP contribution in [0.25, 0.3) is 11.4 Å². The lowest BCUT2D eigenvalue weighted by Gasteiger charge is -2.17. The third-order valence-corrected chi connectivity index (χ3v) is 5.45. The number of pyridine rings is 2. The summed E-state index contributed by atoms with van der Waals surface area (Å²) in [6, 6.07) is 10.0. The van der Waals surface area contributed by atoms with Gasteiger partial charge in [-0.25, -0.2) is 19.3 Å². The SMILES string of the molecule is COc1c(Nc2cc(Nc3ncccc3F)ncc2C(=O)C2CC2)cccc1-c1ncn(C)n1. The Kier molecular flexibility index (Phi) is 5.62. The number of halogens is 1. The summed E-state index contributed by atoms with van der Waals surface area (Å²) in [6.07, 6.45) is 6.32. The molecule has 10 heteroatoms. The average Bonchev–Trinajstić information content (AvgIpc) is 3.60. The van der Waals surface area contributed by atoms with E-state index in [4.69, 9.17) is 4.74 Å². The van der Waals surface area contributed by atoms with Gasteiger partial charge in [0.15, 0.2) is 29.0 Å². The van der Waals surface area contributed by atoms with Crippen LogP contribution in [0.15, 0.2) is 55.1 Å². The largest absolute Gasteiger partial charge is 0.494 e. The van der Waals surface area contributed by atoms with Crippen LogP contribution >= 0.6 is 0 Å². The van der Waals surface area contributed by atoms with Crippen LogP contribution in [0.4, 0.5) is 27.4 Å². The van der Waals surface area contributed by atoms with E-state index < -0.39 is 5.82 Å². The number of rotatable bonds is 8. The summed E-state index contributed by atoms with van der Waals surface area (Å²) in [7, 11) is 3.35. The van der Waals surface area contributed by atoms with Gasteiger partial charge >= 0.3 is 0 Å². The van der Waals surface area contributed by atoms with Crippen molar-refractivity contribution < 1.29 is 13.9 Å². The number of anilines is 4. The Morgan fingerprint density at radius 2 is 1.97 bits per heavy atom. The first-order valence-electron chi connectivity index (χ1n) is 10.8. The highest BCUT2D eigenvalue weighted by Crippen LogP contribution is 2.39. The number of carbonyl (C=O) groups excluding carboxylic acids is 1. The lowest BCUT2D eigenvalue weighted by Crippen LogP contribution is -2.09. The highest BCUT2D eigenvalue weighted by atomic mass is 19.1. The molecule has 3 heterocycles. The highest BCUT2D eigenvalue weighted by Gasteiger charge is 2.32. The maximum atomic E-state index is 14.1. The Hall–Kier alpha value is -4.34. The van der Waals surface area contributed by atoms with Crippen molar-refractivity contribution in [1.29, 1.82) is 0 Å². The number of nitrogens with one attached hydrogen (secondary N) is 2. The van der Waals surface area contributed by atoms with E-state index in [0.29, 0.717) is 39.9 Å². The molecule has 1 aliphatic rings. The predicted octanol–water partition coefficient (Wildman–Crippen LogP) is 4.50. The second-order valence-electron chi connectivity index (χ2n) is 7.97. The number of methoxy groups -OCH3 is 1. The van der Waals surface area contributed by atoms with Gasteiger partial charge in [0, 0.05) is 31.4 Å². The van der Waals surface area contributed by atoms with Crippen LogP contribution in [0.3, 0.4) is 0 Å². The number of aryl methyl sites for hydroxylation is 1. The topological polar surface area (TPSA) is 107 Å². The van der Waals surface area contributed by atoms with Gasteiger partial charge in [0.1, 0.15) is 12.1 Å². The van der Waals surface area contributed by atoms with Gasteiger partial charge in [0.05, 0.1) is 29.6 Å². The van der Waals surface area contributed by atoms with Gasteiger partial charge in [-0.15, -0.1) is 0 Å².